The van der Waals surface area contributed by atoms with Gasteiger partial charge in [0.05, 0.1) is 22.2 Å². The van der Waals surface area contributed by atoms with E-state index in [1.54, 1.807) is 0 Å². The molecule has 0 aromatic rings. The van der Waals surface area contributed by atoms with E-state index in [0.717, 1.165) is 0 Å². The Bertz CT molecular complexity index is 432. The molecule has 20 heavy (non-hydrogen) atoms. The van der Waals surface area contributed by atoms with Crippen molar-refractivity contribution in [3.63, 3.8) is 0 Å². The summed E-state index contributed by atoms with van der Waals surface area (Å²) in [4.78, 5) is 22.1. The van der Waals surface area contributed by atoms with Gasteiger partial charge in [0.25, 0.3) is 0 Å². The van der Waals surface area contributed by atoms with Crippen molar-refractivity contribution < 1.29 is 23.6 Å². The number of carbonyl (C=O) groups excluding carboxylic acids is 1. The molecule has 6 nitrogen and oxygen atoms in total. The Labute approximate surface area is 121 Å². The number of rotatable bonds is 5. The van der Waals surface area contributed by atoms with Gasteiger partial charge in [-0.15, -0.1) is 0 Å². The van der Waals surface area contributed by atoms with Crippen LogP contribution in [0.4, 0.5) is 0 Å². The maximum absolute atomic E-state index is 12.5. The number of carboxylic acid groups (broad SMARTS) is 1. The summed E-state index contributed by atoms with van der Waals surface area (Å²) in [5.41, 5.74) is -0.954. The maximum atomic E-state index is 12.5. The standard InChI is InChI=1S/C13H23NO5S/c1-8(15)14-9(11(16)17)7-20(18)10-6-12(2,3)19-13(10,4)5/h9-10H,6-7H2,1-5H3,(H,14,15)(H,16,17). The van der Waals surface area contributed by atoms with Crippen LogP contribution in [-0.4, -0.2) is 49.4 Å². The van der Waals surface area contributed by atoms with Gasteiger partial charge in [0.2, 0.25) is 5.91 Å². The van der Waals surface area contributed by atoms with Crippen molar-refractivity contribution >= 4 is 22.7 Å². The van der Waals surface area contributed by atoms with E-state index < -0.39 is 34.3 Å². The highest BCUT2D eigenvalue weighted by atomic mass is 32.2. The Morgan fingerprint density at radius 3 is 2.30 bits per heavy atom. The third-order valence-corrected chi connectivity index (χ3v) is 5.35. The predicted octanol–water partition coefficient (Wildman–Crippen LogP) is 0.671. The van der Waals surface area contributed by atoms with Crippen molar-refractivity contribution in [1.82, 2.24) is 5.32 Å². The minimum absolute atomic E-state index is 0.109. The summed E-state index contributed by atoms with van der Waals surface area (Å²) in [6.45, 7) is 8.81. The second kappa shape index (κ2) is 5.81. The van der Waals surface area contributed by atoms with Crippen LogP contribution >= 0.6 is 0 Å². The van der Waals surface area contributed by atoms with Gasteiger partial charge in [0.1, 0.15) is 6.04 Å². The van der Waals surface area contributed by atoms with Crippen molar-refractivity contribution in [1.29, 1.82) is 0 Å². The number of hydrogen-bond donors (Lipinski definition) is 2. The van der Waals surface area contributed by atoms with Crippen LogP contribution in [0.2, 0.25) is 0 Å². The van der Waals surface area contributed by atoms with Gasteiger partial charge in [-0.25, -0.2) is 4.79 Å². The van der Waals surface area contributed by atoms with Crippen molar-refractivity contribution in [3.8, 4) is 0 Å². The Kier molecular flexibility index (Phi) is 4.97. The van der Waals surface area contributed by atoms with E-state index in [2.05, 4.69) is 5.32 Å². The summed E-state index contributed by atoms with van der Waals surface area (Å²) in [5, 5.41) is 11.1. The Balaban J connectivity index is 2.79. The van der Waals surface area contributed by atoms with Gasteiger partial charge >= 0.3 is 5.97 Å². The normalized spacial score (nSPS) is 26.8. The van der Waals surface area contributed by atoms with E-state index in [-0.39, 0.29) is 16.6 Å². The topological polar surface area (TPSA) is 92.7 Å². The van der Waals surface area contributed by atoms with Crippen molar-refractivity contribution in [2.24, 2.45) is 0 Å². The van der Waals surface area contributed by atoms with Gasteiger partial charge in [-0.3, -0.25) is 9.00 Å². The highest BCUT2D eigenvalue weighted by Gasteiger charge is 2.49. The lowest BCUT2D eigenvalue weighted by Crippen LogP contribution is -2.46. The highest BCUT2D eigenvalue weighted by Crippen LogP contribution is 2.40. The van der Waals surface area contributed by atoms with Crippen LogP contribution in [0.1, 0.15) is 41.0 Å². The average Bonchev–Trinajstić information content (AvgIpc) is 2.44. The molecule has 116 valence electrons. The molecule has 1 amide bonds. The second-order valence-corrected chi connectivity index (χ2v) is 7.96. The van der Waals surface area contributed by atoms with Gasteiger partial charge in [-0.05, 0) is 34.1 Å². The molecule has 1 saturated heterocycles. The van der Waals surface area contributed by atoms with Crippen molar-refractivity contribution in [2.45, 2.75) is 63.5 Å². The fourth-order valence-electron chi connectivity index (χ4n) is 2.62. The summed E-state index contributed by atoms with van der Waals surface area (Å²) < 4.78 is 18.3. The molecule has 0 spiro atoms. The minimum Gasteiger partial charge on any atom is -0.480 e. The lowest BCUT2D eigenvalue weighted by atomic mass is 10.0. The molecule has 1 fully saturated rings. The molecule has 1 aliphatic heterocycles. The molecule has 1 heterocycles. The molecule has 0 aliphatic carbocycles. The van der Waals surface area contributed by atoms with Gasteiger partial charge in [0.15, 0.2) is 0 Å². The number of aliphatic carboxylic acids is 1. The van der Waals surface area contributed by atoms with Crippen LogP contribution in [0.15, 0.2) is 0 Å². The van der Waals surface area contributed by atoms with Crippen LogP contribution in [0.25, 0.3) is 0 Å². The first-order chi connectivity index (χ1) is 8.94. The fourth-order valence-corrected chi connectivity index (χ4v) is 4.68. The number of hydrogen-bond acceptors (Lipinski definition) is 4. The van der Waals surface area contributed by atoms with Crippen LogP contribution < -0.4 is 5.32 Å². The van der Waals surface area contributed by atoms with Gasteiger partial charge in [0, 0.05) is 17.7 Å². The number of carbonyl (C=O) groups is 2. The lowest BCUT2D eigenvalue weighted by molar-refractivity contribution is -0.140. The Morgan fingerprint density at radius 2 is 1.95 bits per heavy atom. The monoisotopic (exact) mass is 305 g/mol. The lowest BCUT2D eigenvalue weighted by Gasteiger charge is -2.27. The van der Waals surface area contributed by atoms with Crippen LogP contribution in [0, 0.1) is 0 Å². The number of ether oxygens (including phenoxy) is 1. The van der Waals surface area contributed by atoms with Gasteiger partial charge in [-0.1, -0.05) is 0 Å². The first kappa shape index (κ1) is 17.1. The van der Waals surface area contributed by atoms with Crippen molar-refractivity contribution in [3.05, 3.63) is 0 Å². The summed E-state index contributed by atoms with van der Waals surface area (Å²) in [6, 6.07) is -1.13. The predicted molar refractivity (Wildman–Crippen MR) is 75.9 cm³/mol. The molecule has 0 aromatic heterocycles. The molecule has 2 N–H and O–H groups in total. The smallest absolute Gasteiger partial charge is 0.327 e. The third-order valence-electron chi connectivity index (χ3n) is 3.32. The first-order valence-corrected chi connectivity index (χ1v) is 7.90. The molecular weight excluding hydrogens is 282 g/mol. The first-order valence-electron chi connectivity index (χ1n) is 6.52. The van der Waals surface area contributed by atoms with E-state index in [4.69, 9.17) is 9.84 Å². The molecule has 0 saturated carbocycles. The number of carboxylic acids is 1. The van der Waals surface area contributed by atoms with E-state index in [1.165, 1.54) is 6.92 Å². The minimum atomic E-state index is -1.40. The van der Waals surface area contributed by atoms with Crippen LogP contribution in [0.3, 0.4) is 0 Å². The largest absolute Gasteiger partial charge is 0.480 e. The Hall–Kier alpha value is -0.950. The summed E-state index contributed by atoms with van der Waals surface area (Å²) >= 11 is 0. The van der Waals surface area contributed by atoms with Crippen molar-refractivity contribution in [2.75, 3.05) is 5.75 Å². The fraction of sp³-hybridized carbons (Fsp3) is 0.846. The Morgan fingerprint density at radius 1 is 1.40 bits per heavy atom. The molecule has 1 aliphatic rings. The average molecular weight is 305 g/mol. The maximum Gasteiger partial charge on any atom is 0.327 e. The summed E-state index contributed by atoms with van der Waals surface area (Å²) in [7, 11) is -1.40. The van der Waals surface area contributed by atoms with E-state index in [0.29, 0.717) is 6.42 Å². The number of nitrogens with one attached hydrogen (secondary N) is 1. The summed E-state index contributed by atoms with van der Waals surface area (Å²) in [5.74, 6) is -1.73. The third kappa shape index (κ3) is 4.28. The molecule has 0 aromatic carbocycles. The number of amides is 1. The molecule has 3 atom stereocenters. The molecule has 0 bridgehead atoms. The SMILES string of the molecule is CC(=O)NC(CS(=O)C1CC(C)(C)OC1(C)C)C(=O)O. The van der Waals surface area contributed by atoms with Gasteiger partial charge < -0.3 is 15.2 Å². The molecule has 1 rings (SSSR count). The van der Waals surface area contributed by atoms with E-state index >= 15 is 0 Å². The second-order valence-electron chi connectivity index (χ2n) is 6.30. The zero-order chi connectivity index (χ0) is 15.7. The molecule has 7 heteroatoms. The highest BCUT2D eigenvalue weighted by molar-refractivity contribution is 7.85. The molecule has 3 unspecified atom stereocenters. The zero-order valence-electron chi connectivity index (χ0n) is 12.6. The molecular formula is C13H23NO5S. The summed E-state index contributed by atoms with van der Waals surface area (Å²) in [6.07, 6.45) is 0.596. The van der Waals surface area contributed by atoms with Gasteiger partial charge in [-0.2, -0.15) is 0 Å². The van der Waals surface area contributed by atoms with Crippen LogP contribution in [0.5, 0.6) is 0 Å². The van der Waals surface area contributed by atoms with E-state index in [1.807, 2.05) is 27.7 Å². The van der Waals surface area contributed by atoms with E-state index in [9.17, 15) is 13.8 Å². The quantitative estimate of drug-likeness (QED) is 0.779. The van der Waals surface area contributed by atoms with Crippen LogP contribution in [-0.2, 0) is 25.1 Å². The molecule has 0 radical (unpaired) electrons. The zero-order valence-corrected chi connectivity index (χ0v) is 13.4.